The highest BCUT2D eigenvalue weighted by Crippen LogP contribution is 2.21. The molecule has 0 bridgehead atoms. The highest BCUT2D eigenvalue weighted by Gasteiger charge is 2.27. The van der Waals surface area contributed by atoms with Crippen LogP contribution >= 0.6 is 24.8 Å². The molecule has 2 N–H and O–H groups in total. The minimum atomic E-state index is -0.340. The molecule has 2 heterocycles. The van der Waals surface area contributed by atoms with Gasteiger partial charge in [0.25, 0.3) is 5.91 Å². The molecule has 2 aliphatic rings. The summed E-state index contributed by atoms with van der Waals surface area (Å²) in [5, 5.41) is 6.54. The van der Waals surface area contributed by atoms with Gasteiger partial charge in [-0.2, -0.15) is 0 Å². The lowest BCUT2D eigenvalue weighted by atomic mass is 9.94. The summed E-state index contributed by atoms with van der Waals surface area (Å²) in [6.45, 7) is 6.89. The third-order valence-electron chi connectivity index (χ3n) is 4.59. The van der Waals surface area contributed by atoms with Gasteiger partial charge in [-0.1, -0.05) is 31.2 Å². The first-order chi connectivity index (χ1) is 10.8. The molecule has 5 nitrogen and oxygen atoms in total. The number of rotatable bonds is 4. The molecule has 0 spiro atoms. The topological polar surface area (TPSA) is 53.6 Å². The summed E-state index contributed by atoms with van der Waals surface area (Å²) in [7, 11) is 0. The molecule has 1 saturated heterocycles. The predicted molar refractivity (Wildman–Crippen MR) is 100 cm³/mol. The fourth-order valence-corrected chi connectivity index (χ4v) is 3.24. The molecule has 1 amide bonds. The molecule has 2 aliphatic heterocycles. The van der Waals surface area contributed by atoms with E-state index in [1.54, 1.807) is 0 Å². The van der Waals surface area contributed by atoms with Crippen LogP contribution in [0.3, 0.4) is 0 Å². The zero-order valence-electron chi connectivity index (χ0n) is 14.0. The first-order valence-corrected chi connectivity index (χ1v) is 8.20. The Labute approximate surface area is 156 Å². The SMILES string of the molecule is CCN1CCOC(C(=O)NCC2NCCc3ccccc32)C1.Cl.Cl. The van der Waals surface area contributed by atoms with E-state index in [0.29, 0.717) is 19.7 Å². The third kappa shape index (κ3) is 5.07. The standard InChI is InChI=1S/C17H25N3O2.2ClH/c1-2-20-9-10-22-16(12-20)17(21)19-11-15-14-6-4-3-5-13(14)7-8-18-15;;/h3-6,15-16,18H,2,7-12H2,1H3,(H,19,21);2*1H. The molecule has 1 aromatic rings. The molecule has 0 radical (unpaired) electrons. The van der Waals surface area contributed by atoms with Gasteiger partial charge in [0.1, 0.15) is 6.10 Å². The van der Waals surface area contributed by atoms with Gasteiger partial charge in [-0.05, 0) is 30.6 Å². The van der Waals surface area contributed by atoms with Crippen molar-refractivity contribution < 1.29 is 9.53 Å². The van der Waals surface area contributed by atoms with Crippen molar-refractivity contribution in [2.24, 2.45) is 0 Å². The van der Waals surface area contributed by atoms with Gasteiger partial charge in [-0.3, -0.25) is 9.69 Å². The highest BCUT2D eigenvalue weighted by molar-refractivity contribution is 5.85. The lowest BCUT2D eigenvalue weighted by Crippen LogP contribution is -2.51. The summed E-state index contributed by atoms with van der Waals surface area (Å²) in [6, 6.07) is 8.65. The van der Waals surface area contributed by atoms with E-state index in [9.17, 15) is 4.79 Å². The van der Waals surface area contributed by atoms with Gasteiger partial charge in [-0.15, -0.1) is 24.8 Å². The van der Waals surface area contributed by atoms with Gasteiger partial charge in [0, 0.05) is 25.7 Å². The zero-order valence-corrected chi connectivity index (χ0v) is 15.6. The minimum absolute atomic E-state index is 0. The first kappa shape index (κ1) is 21.2. The summed E-state index contributed by atoms with van der Waals surface area (Å²) in [6.07, 6.45) is 0.713. The molecule has 2 atom stereocenters. The number of amides is 1. The van der Waals surface area contributed by atoms with E-state index in [1.165, 1.54) is 11.1 Å². The number of ether oxygens (including phenoxy) is 1. The lowest BCUT2D eigenvalue weighted by Gasteiger charge is -2.32. The molecular formula is C17H27Cl2N3O2. The van der Waals surface area contributed by atoms with Crippen LogP contribution in [-0.4, -0.2) is 56.2 Å². The zero-order chi connectivity index (χ0) is 15.4. The maximum Gasteiger partial charge on any atom is 0.250 e. The van der Waals surface area contributed by atoms with Crippen molar-refractivity contribution in [1.29, 1.82) is 0 Å². The van der Waals surface area contributed by atoms with Crippen molar-refractivity contribution >= 4 is 30.7 Å². The van der Waals surface area contributed by atoms with Crippen LogP contribution in [0.4, 0.5) is 0 Å². The average molecular weight is 376 g/mol. The number of nitrogens with zero attached hydrogens (tertiary/aromatic N) is 1. The molecular weight excluding hydrogens is 349 g/mol. The van der Waals surface area contributed by atoms with E-state index in [4.69, 9.17) is 4.74 Å². The normalized spacial score (nSPS) is 23.4. The van der Waals surface area contributed by atoms with E-state index in [-0.39, 0.29) is 42.9 Å². The Balaban J connectivity index is 0.00000144. The number of fused-ring (bicyclic) bond motifs is 1. The molecule has 3 rings (SSSR count). The first-order valence-electron chi connectivity index (χ1n) is 8.20. The van der Waals surface area contributed by atoms with Crippen LogP contribution in [-0.2, 0) is 16.0 Å². The number of morpholine rings is 1. The number of benzene rings is 1. The molecule has 0 aliphatic carbocycles. The Hall–Kier alpha value is -0.850. The molecule has 0 saturated carbocycles. The number of nitrogens with one attached hydrogen (secondary N) is 2. The second-order valence-electron chi connectivity index (χ2n) is 5.95. The lowest BCUT2D eigenvalue weighted by molar-refractivity contribution is -0.138. The minimum Gasteiger partial charge on any atom is -0.366 e. The summed E-state index contributed by atoms with van der Waals surface area (Å²) in [5.74, 6) is 0.00278. The fourth-order valence-electron chi connectivity index (χ4n) is 3.24. The van der Waals surface area contributed by atoms with Crippen LogP contribution in [0.15, 0.2) is 24.3 Å². The highest BCUT2D eigenvalue weighted by atomic mass is 35.5. The Morgan fingerprint density at radius 3 is 2.96 bits per heavy atom. The third-order valence-corrected chi connectivity index (χ3v) is 4.59. The van der Waals surface area contributed by atoms with Gasteiger partial charge in [-0.25, -0.2) is 0 Å². The molecule has 136 valence electrons. The van der Waals surface area contributed by atoms with Crippen LogP contribution in [0.1, 0.15) is 24.1 Å². The van der Waals surface area contributed by atoms with Crippen molar-refractivity contribution in [3.8, 4) is 0 Å². The smallest absolute Gasteiger partial charge is 0.250 e. The Morgan fingerprint density at radius 2 is 2.17 bits per heavy atom. The Morgan fingerprint density at radius 1 is 1.38 bits per heavy atom. The van der Waals surface area contributed by atoms with Gasteiger partial charge in [0.15, 0.2) is 0 Å². The predicted octanol–water partition coefficient (Wildman–Crippen LogP) is 1.55. The van der Waals surface area contributed by atoms with Crippen LogP contribution in [0, 0.1) is 0 Å². The van der Waals surface area contributed by atoms with Crippen LogP contribution < -0.4 is 10.6 Å². The Bertz CT molecular complexity index is 530. The summed E-state index contributed by atoms with van der Waals surface area (Å²) in [4.78, 5) is 14.6. The van der Waals surface area contributed by atoms with E-state index in [2.05, 4.69) is 46.7 Å². The number of hydrogen-bond acceptors (Lipinski definition) is 4. The van der Waals surface area contributed by atoms with E-state index < -0.39 is 0 Å². The fraction of sp³-hybridized carbons (Fsp3) is 0.588. The van der Waals surface area contributed by atoms with E-state index in [0.717, 1.165) is 26.1 Å². The van der Waals surface area contributed by atoms with Crippen molar-refractivity contribution in [3.05, 3.63) is 35.4 Å². The maximum atomic E-state index is 12.3. The molecule has 24 heavy (non-hydrogen) atoms. The van der Waals surface area contributed by atoms with Gasteiger partial charge >= 0.3 is 0 Å². The summed E-state index contributed by atoms with van der Waals surface area (Å²) >= 11 is 0. The van der Waals surface area contributed by atoms with Gasteiger partial charge < -0.3 is 15.4 Å². The molecule has 0 aromatic heterocycles. The van der Waals surface area contributed by atoms with Crippen molar-refractivity contribution in [2.75, 3.05) is 39.3 Å². The summed E-state index contributed by atoms with van der Waals surface area (Å²) < 4.78 is 5.61. The van der Waals surface area contributed by atoms with Crippen molar-refractivity contribution in [1.82, 2.24) is 15.5 Å². The second-order valence-corrected chi connectivity index (χ2v) is 5.95. The van der Waals surface area contributed by atoms with Crippen LogP contribution in [0.2, 0.25) is 0 Å². The quantitative estimate of drug-likeness (QED) is 0.838. The Kier molecular flexibility index (Phi) is 9.02. The number of carbonyl (C=O) groups is 1. The average Bonchev–Trinajstić information content (AvgIpc) is 2.59. The van der Waals surface area contributed by atoms with Crippen molar-refractivity contribution in [2.45, 2.75) is 25.5 Å². The number of halogens is 2. The van der Waals surface area contributed by atoms with Gasteiger partial charge in [0.05, 0.1) is 6.61 Å². The van der Waals surface area contributed by atoms with E-state index >= 15 is 0 Å². The molecule has 7 heteroatoms. The second kappa shape index (κ2) is 10.2. The van der Waals surface area contributed by atoms with Crippen LogP contribution in [0.25, 0.3) is 0 Å². The maximum absolute atomic E-state index is 12.3. The van der Waals surface area contributed by atoms with Crippen molar-refractivity contribution in [3.63, 3.8) is 0 Å². The number of likely N-dealkylation sites (N-methyl/N-ethyl adjacent to an activating group) is 1. The monoisotopic (exact) mass is 375 g/mol. The summed E-state index contributed by atoms with van der Waals surface area (Å²) in [5.41, 5.74) is 2.68. The van der Waals surface area contributed by atoms with E-state index in [1.807, 2.05) is 0 Å². The number of carbonyl (C=O) groups excluding carboxylic acids is 1. The largest absolute Gasteiger partial charge is 0.366 e. The molecule has 1 fully saturated rings. The van der Waals surface area contributed by atoms with Crippen LogP contribution in [0.5, 0.6) is 0 Å². The number of hydrogen-bond donors (Lipinski definition) is 2. The molecule has 1 aromatic carbocycles. The molecule has 2 unspecified atom stereocenters. The van der Waals surface area contributed by atoms with Gasteiger partial charge in [0.2, 0.25) is 0 Å².